The molecule has 0 atom stereocenters. The van der Waals surface area contributed by atoms with Gasteiger partial charge in [0.25, 0.3) is 0 Å². The third-order valence-corrected chi connectivity index (χ3v) is 1.70. The standard InChI is InChI=1S/C10H14N2O.2ClH/c1-7(2)10(11)12-8-3-5-9(13)6-4-8;;/h3-7,13H,1-2H3,(H2,11,12);2*1H. The first-order valence-corrected chi connectivity index (χ1v) is 4.22. The third-order valence-electron chi connectivity index (χ3n) is 1.70. The molecule has 0 aromatic heterocycles. The summed E-state index contributed by atoms with van der Waals surface area (Å²) in [5, 5.41) is 9.02. The molecular weight excluding hydrogens is 235 g/mol. The largest absolute Gasteiger partial charge is 0.508 e. The maximum atomic E-state index is 9.02. The smallest absolute Gasteiger partial charge is 0.115 e. The number of nitrogens with zero attached hydrogens (tertiary/aromatic N) is 1. The first kappa shape index (κ1) is 16.5. The molecule has 1 rings (SSSR count). The molecule has 0 aliphatic carbocycles. The van der Waals surface area contributed by atoms with Crippen LogP contribution in [0, 0.1) is 5.92 Å². The van der Waals surface area contributed by atoms with Crippen molar-refractivity contribution in [2.24, 2.45) is 16.6 Å². The van der Waals surface area contributed by atoms with Crippen LogP contribution < -0.4 is 5.73 Å². The van der Waals surface area contributed by atoms with Crippen LogP contribution in [0.3, 0.4) is 0 Å². The summed E-state index contributed by atoms with van der Waals surface area (Å²) in [6.07, 6.45) is 0. The average molecular weight is 251 g/mol. The van der Waals surface area contributed by atoms with Crippen LogP contribution in [-0.4, -0.2) is 10.9 Å². The molecule has 0 saturated heterocycles. The number of amidine groups is 1. The lowest BCUT2D eigenvalue weighted by molar-refractivity contribution is 0.475. The Balaban J connectivity index is 0. The minimum absolute atomic E-state index is 0. The molecule has 15 heavy (non-hydrogen) atoms. The minimum atomic E-state index is 0. The SMILES string of the molecule is CC(C)C(N)=Nc1ccc(O)cc1.Cl.Cl. The Bertz CT molecular complexity index is 310. The monoisotopic (exact) mass is 250 g/mol. The number of aromatic hydroxyl groups is 1. The van der Waals surface area contributed by atoms with E-state index >= 15 is 0 Å². The number of halogens is 2. The van der Waals surface area contributed by atoms with E-state index in [0.29, 0.717) is 5.84 Å². The predicted octanol–water partition coefficient (Wildman–Crippen LogP) is 2.88. The van der Waals surface area contributed by atoms with Gasteiger partial charge in [-0.15, -0.1) is 24.8 Å². The van der Waals surface area contributed by atoms with E-state index in [1.54, 1.807) is 24.3 Å². The normalized spacial score (nSPS) is 10.5. The second-order valence-corrected chi connectivity index (χ2v) is 3.21. The molecule has 0 heterocycles. The van der Waals surface area contributed by atoms with E-state index in [1.165, 1.54) is 0 Å². The zero-order valence-electron chi connectivity index (χ0n) is 8.68. The molecular formula is C10H16Cl2N2O. The van der Waals surface area contributed by atoms with Gasteiger partial charge in [0, 0.05) is 5.92 Å². The first-order valence-electron chi connectivity index (χ1n) is 4.22. The Morgan fingerprint density at radius 3 is 2.07 bits per heavy atom. The maximum Gasteiger partial charge on any atom is 0.115 e. The highest BCUT2D eigenvalue weighted by atomic mass is 35.5. The molecule has 0 amide bonds. The van der Waals surface area contributed by atoms with Crippen LogP contribution in [0.2, 0.25) is 0 Å². The number of hydrogen-bond donors (Lipinski definition) is 2. The Hall–Kier alpha value is -0.930. The number of nitrogens with two attached hydrogens (primary N) is 1. The summed E-state index contributed by atoms with van der Waals surface area (Å²) in [5.41, 5.74) is 6.44. The van der Waals surface area contributed by atoms with Crippen molar-refractivity contribution < 1.29 is 5.11 Å². The predicted molar refractivity (Wildman–Crippen MR) is 68.7 cm³/mol. The highest BCUT2D eigenvalue weighted by Crippen LogP contribution is 2.17. The zero-order valence-corrected chi connectivity index (χ0v) is 10.3. The van der Waals surface area contributed by atoms with Gasteiger partial charge in [0.2, 0.25) is 0 Å². The van der Waals surface area contributed by atoms with Gasteiger partial charge in [0.1, 0.15) is 11.6 Å². The molecule has 5 heteroatoms. The fraction of sp³-hybridized carbons (Fsp3) is 0.300. The van der Waals surface area contributed by atoms with Gasteiger partial charge in [-0.2, -0.15) is 0 Å². The molecule has 1 aromatic rings. The van der Waals surface area contributed by atoms with Crippen LogP contribution in [0.4, 0.5) is 5.69 Å². The van der Waals surface area contributed by atoms with Gasteiger partial charge in [-0.05, 0) is 24.3 Å². The van der Waals surface area contributed by atoms with E-state index in [2.05, 4.69) is 4.99 Å². The Labute approximate surface area is 102 Å². The van der Waals surface area contributed by atoms with E-state index in [-0.39, 0.29) is 36.5 Å². The second kappa shape index (κ2) is 7.37. The topological polar surface area (TPSA) is 58.6 Å². The van der Waals surface area contributed by atoms with E-state index in [9.17, 15) is 0 Å². The number of benzene rings is 1. The summed E-state index contributed by atoms with van der Waals surface area (Å²) in [4.78, 5) is 4.18. The first-order chi connectivity index (χ1) is 6.09. The van der Waals surface area contributed by atoms with Crippen molar-refractivity contribution in [1.29, 1.82) is 0 Å². The van der Waals surface area contributed by atoms with Crippen molar-refractivity contribution in [3.63, 3.8) is 0 Å². The van der Waals surface area contributed by atoms with Gasteiger partial charge in [0.05, 0.1) is 5.69 Å². The summed E-state index contributed by atoms with van der Waals surface area (Å²) < 4.78 is 0. The molecule has 3 N–H and O–H groups in total. The summed E-state index contributed by atoms with van der Waals surface area (Å²) in [6, 6.07) is 6.63. The van der Waals surface area contributed by atoms with Crippen molar-refractivity contribution in [3.8, 4) is 5.75 Å². The molecule has 0 spiro atoms. The summed E-state index contributed by atoms with van der Waals surface area (Å²) in [6.45, 7) is 3.97. The highest BCUT2D eigenvalue weighted by molar-refractivity contribution is 5.85. The molecule has 3 nitrogen and oxygen atoms in total. The van der Waals surface area contributed by atoms with E-state index in [1.807, 2.05) is 13.8 Å². The van der Waals surface area contributed by atoms with Gasteiger partial charge in [-0.1, -0.05) is 13.8 Å². The third kappa shape index (κ3) is 5.50. The molecule has 0 saturated carbocycles. The van der Waals surface area contributed by atoms with Gasteiger partial charge in [-0.3, -0.25) is 0 Å². The molecule has 0 aliphatic heterocycles. The highest BCUT2D eigenvalue weighted by Gasteiger charge is 1.98. The lowest BCUT2D eigenvalue weighted by Gasteiger charge is -2.03. The molecule has 0 bridgehead atoms. The van der Waals surface area contributed by atoms with Crippen LogP contribution >= 0.6 is 24.8 Å². The zero-order chi connectivity index (χ0) is 9.84. The van der Waals surface area contributed by atoms with Gasteiger partial charge in [-0.25, -0.2) is 4.99 Å². The van der Waals surface area contributed by atoms with E-state index < -0.39 is 0 Å². The fourth-order valence-electron chi connectivity index (χ4n) is 0.805. The van der Waals surface area contributed by atoms with Crippen LogP contribution in [0.15, 0.2) is 29.3 Å². The minimum Gasteiger partial charge on any atom is -0.508 e. The van der Waals surface area contributed by atoms with E-state index in [4.69, 9.17) is 10.8 Å². The van der Waals surface area contributed by atoms with Crippen LogP contribution in [0.25, 0.3) is 0 Å². The Morgan fingerprint density at radius 1 is 1.20 bits per heavy atom. The Morgan fingerprint density at radius 2 is 1.67 bits per heavy atom. The van der Waals surface area contributed by atoms with Crippen molar-refractivity contribution in [2.75, 3.05) is 0 Å². The van der Waals surface area contributed by atoms with Gasteiger partial charge >= 0.3 is 0 Å². The molecule has 0 unspecified atom stereocenters. The summed E-state index contributed by atoms with van der Waals surface area (Å²) in [7, 11) is 0. The number of aliphatic imine (C=N–C) groups is 1. The lowest BCUT2D eigenvalue weighted by Crippen LogP contribution is -2.17. The molecule has 0 aliphatic rings. The number of phenols is 1. The van der Waals surface area contributed by atoms with Crippen molar-refractivity contribution >= 4 is 36.3 Å². The second-order valence-electron chi connectivity index (χ2n) is 3.21. The lowest BCUT2D eigenvalue weighted by atomic mass is 10.2. The number of phenolic OH excluding ortho intramolecular Hbond substituents is 1. The molecule has 1 aromatic carbocycles. The van der Waals surface area contributed by atoms with Crippen molar-refractivity contribution in [1.82, 2.24) is 0 Å². The quantitative estimate of drug-likeness (QED) is 0.627. The van der Waals surface area contributed by atoms with Crippen molar-refractivity contribution in [2.45, 2.75) is 13.8 Å². The van der Waals surface area contributed by atoms with Gasteiger partial charge in [0.15, 0.2) is 0 Å². The van der Waals surface area contributed by atoms with E-state index in [0.717, 1.165) is 5.69 Å². The Kier molecular flexibility index (Phi) is 8.11. The average Bonchev–Trinajstić information content (AvgIpc) is 2.08. The summed E-state index contributed by atoms with van der Waals surface area (Å²) in [5.74, 6) is 1.08. The number of hydrogen-bond acceptors (Lipinski definition) is 2. The fourth-order valence-corrected chi connectivity index (χ4v) is 0.805. The summed E-state index contributed by atoms with van der Waals surface area (Å²) >= 11 is 0. The molecule has 86 valence electrons. The van der Waals surface area contributed by atoms with Crippen LogP contribution in [0.5, 0.6) is 5.75 Å². The van der Waals surface area contributed by atoms with Gasteiger partial charge < -0.3 is 10.8 Å². The number of rotatable bonds is 2. The maximum absolute atomic E-state index is 9.02. The van der Waals surface area contributed by atoms with Crippen LogP contribution in [-0.2, 0) is 0 Å². The molecule has 0 fully saturated rings. The van der Waals surface area contributed by atoms with Crippen molar-refractivity contribution in [3.05, 3.63) is 24.3 Å². The van der Waals surface area contributed by atoms with Crippen LogP contribution in [0.1, 0.15) is 13.8 Å². The molecule has 0 radical (unpaired) electrons.